The molecule has 0 radical (unpaired) electrons. The SMILES string of the molecule is CCCCNC(=O)CNc1cc(C)on1. The highest BCUT2D eigenvalue weighted by molar-refractivity contribution is 5.80. The summed E-state index contributed by atoms with van der Waals surface area (Å²) >= 11 is 0. The fourth-order valence-electron chi connectivity index (χ4n) is 1.09. The number of hydrogen-bond acceptors (Lipinski definition) is 4. The Labute approximate surface area is 89.2 Å². The monoisotopic (exact) mass is 211 g/mol. The van der Waals surface area contributed by atoms with Gasteiger partial charge in [-0.15, -0.1) is 0 Å². The van der Waals surface area contributed by atoms with Crippen LogP contribution in [-0.4, -0.2) is 24.2 Å². The van der Waals surface area contributed by atoms with Crippen LogP contribution >= 0.6 is 0 Å². The fraction of sp³-hybridized carbons (Fsp3) is 0.600. The highest BCUT2D eigenvalue weighted by Crippen LogP contribution is 2.05. The van der Waals surface area contributed by atoms with Crippen LogP contribution < -0.4 is 10.6 Å². The lowest BCUT2D eigenvalue weighted by atomic mass is 10.3. The van der Waals surface area contributed by atoms with Crippen LogP contribution in [0.15, 0.2) is 10.6 Å². The lowest BCUT2D eigenvalue weighted by Gasteiger charge is -2.04. The first-order valence-electron chi connectivity index (χ1n) is 5.16. The number of carbonyl (C=O) groups excluding carboxylic acids is 1. The number of amides is 1. The number of hydrogen-bond donors (Lipinski definition) is 2. The summed E-state index contributed by atoms with van der Waals surface area (Å²) in [5.74, 6) is 1.30. The van der Waals surface area contributed by atoms with Gasteiger partial charge in [0.05, 0.1) is 6.54 Å². The Kier molecular flexibility index (Phi) is 4.66. The van der Waals surface area contributed by atoms with Crippen LogP contribution in [-0.2, 0) is 4.79 Å². The lowest BCUT2D eigenvalue weighted by Crippen LogP contribution is -2.30. The molecule has 0 atom stereocenters. The number of rotatable bonds is 6. The summed E-state index contributed by atoms with van der Waals surface area (Å²) in [6.07, 6.45) is 2.09. The minimum atomic E-state index is -0.0240. The van der Waals surface area contributed by atoms with E-state index in [1.54, 1.807) is 13.0 Å². The Balaban J connectivity index is 2.16. The molecule has 1 aromatic heterocycles. The molecule has 1 rings (SSSR count). The normalized spacial score (nSPS) is 10.0. The van der Waals surface area contributed by atoms with Gasteiger partial charge in [0.15, 0.2) is 5.82 Å². The number of anilines is 1. The number of unbranched alkanes of at least 4 members (excludes halogenated alkanes) is 1. The smallest absolute Gasteiger partial charge is 0.239 e. The van der Waals surface area contributed by atoms with Crippen molar-refractivity contribution < 1.29 is 9.32 Å². The second-order valence-corrected chi connectivity index (χ2v) is 3.38. The standard InChI is InChI=1S/C10H17N3O2/c1-3-4-5-11-10(14)7-12-9-6-8(2)15-13-9/h6H,3-5,7H2,1-2H3,(H,11,14)(H,12,13). The van der Waals surface area contributed by atoms with Gasteiger partial charge in [-0.1, -0.05) is 18.5 Å². The van der Waals surface area contributed by atoms with E-state index in [1.165, 1.54) is 0 Å². The molecule has 0 aliphatic heterocycles. The van der Waals surface area contributed by atoms with Crippen LogP contribution in [0.4, 0.5) is 5.82 Å². The molecule has 5 nitrogen and oxygen atoms in total. The minimum Gasteiger partial charge on any atom is -0.360 e. The van der Waals surface area contributed by atoms with Crippen LogP contribution in [0.3, 0.4) is 0 Å². The zero-order valence-electron chi connectivity index (χ0n) is 9.17. The summed E-state index contributed by atoms with van der Waals surface area (Å²) in [6.45, 7) is 4.85. The molecule has 0 spiro atoms. The zero-order valence-corrected chi connectivity index (χ0v) is 9.17. The second kappa shape index (κ2) is 6.06. The maximum atomic E-state index is 11.3. The second-order valence-electron chi connectivity index (χ2n) is 3.38. The molecule has 0 unspecified atom stereocenters. The van der Waals surface area contributed by atoms with Gasteiger partial charge in [0, 0.05) is 12.6 Å². The third-order valence-electron chi connectivity index (χ3n) is 1.91. The highest BCUT2D eigenvalue weighted by Gasteiger charge is 2.02. The van der Waals surface area contributed by atoms with Gasteiger partial charge in [-0.2, -0.15) is 0 Å². The van der Waals surface area contributed by atoms with Crippen molar-refractivity contribution in [1.82, 2.24) is 10.5 Å². The van der Waals surface area contributed by atoms with Crippen LogP contribution in [0.2, 0.25) is 0 Å². The van der Waals surface area contributed by atoms with Gasteiger partial charge in [-0.05, 0) is 13.3 Å². The number of nitrogens with one attached hydrogen (secondary N) is 2. The van der Waals surface area contributed by atoms with E-state index in [2.05, 4.69) is 22.7 Å². The van der Waals surface area contributed by atoms with Gasteiger partial charge in [0.1, 0.15) is 5.76 Å². The average molecular weight is 211 g/mol. The molecule has 0 saturated carbocycles. The largest absolute Gasteiger partial charge is 0.360 e. The molecule has 0 fully saturated rings. The molecule has 0 saturated heterocycles. The molecular formula is C10H17N3O2. The maximum Gasteiger partial charge on any atom is 0.239 e. The molecule has 0 aliphatic rings. The first-order chi connectivity index (χ1) is 7.22. The van der Waals surface area contributed by atoms with E-state index < -0.39 is 0 Å². The molecule has 84 valence electrons. The summed E-state index contributed by atoms with van der Waals surface area (Å²) in [5, 5.41) is 9.39. The van der Waals surface area contributed by atoms with Crippen LogP contribution in [0.25, 0.3) is 0 Å². The number of aromatic nitrogens is 1. The van der Waals surface area contributed by atoms with Crippen LogP contribution in [0.5, 0.6) is 0 Å². The third-order valence-corrected chi connectivity index (χ3v) is 1.91. The van der Waals surface area contributed by atoms with Crippen molar-refractivity contribution in [2.75, 3.05) is 18.4 Å². The first-order valence-corrected chi connectivity index (χ1v) is 5.16. The van der Waals surface area contributed by atoms with Crippen molar-refractivity contribution in [2.24, 2.45) is 0 Å². The Bertz CT molecular complexity index is 309. The molecule has 1 heterocycles. The molecule has 0 aromatic carbocycles. The van der Waals surface area contributed by atoms with E-state index in [-0.39, 0.29) is 12.5 Å². The predicted molar refractivity (Wildman–Crippen MR) is 57.6 cm³/mol. The number of carbonyl (C=O) groups is 1. The number of aryl methyl sites for hydroxylation is 1. The number of nitrogens with zero attached hydrogens (tertiary/aromatic N) is 1. The van der Waals surface area contributed by atoms with Crippen molar-refractivity contribution >= 4 is 11.7 Å². The molecular weight excluding hydrogens is 194 g/mol. The van der Waals surface area contributed by atoms with E-state index in [0.717, 1.165) is 25.1 Å². The van der Waals surface area contributed by atoms with E-state index in [1.807, 2.05) is 0 Å². The molecule has 0 bridgehead atoms. The topological polar surface area (TPSA) is 67.2 Å². The van der Waals surface area contributed by atoms with Gasteiger partial charge in [-0.3, -0.25) is 4.79 Å². The summed E-state index contributed by atoms with van der Waals surface area (Å²) in [5.41, 5.74) is 0. The quantitative estimate of drug-likeness (QED) is 0.696. The van der Waals surface area contributed by atoms with Gasteiger partial charge in [-0.25, -0.2) is 0 Å². The molecule has 2 N–H and O–H groups in total. The van der Waals surface area contributed by atoms with E-state index in [0.29, 0.717) is 5.82 Å². The van der Waals surface area contributed by atoms with Crippen LogP contribution in [0, 0.1) is 6.92 Å². The average Bonchev–Trinajstić information content (AvgIpc) is 2.62. The Morgan fingerprint density at radius 3 is 3.00 bits per heavy atom. The summed E-state index contributed by atoms with van der Waals surface area (Å²) in [6, 6.07) is 1.75. The van der Waals surface area contributed by atoms with E-state index >= 15 is 0 Å². The van der Waals surface area contributed by atoms with E-state index in [9.17, 15) is 4.79 Å². The van der Waals surface area contributed by atoms with E-state index in [4.69, 9.17) is 4.52 Å². The Morgan fingerprint density at radius 1 is 1.60 bits per heavy atom. The molecule has 1 aromatic rings. The first kappa shape index (κ1) is 11.6. The van der Waals surface area contributed by atoms with Gasteiger partial charge < -0.3 is 15.2 Å². The highest BCUT2D eigenvalue weighted by atomic mass is 16.5. The van der Waals surface area contributed by atoms with Crippen molar-refractivity contribution in [3.05, 3.63) is 11.8 Å². The predicted octanol–water partition coefficient (Wildman–Crippen LogP) is 1.31. The zero-order chi connectivity index (χ0) is 11.1. The van der Waals surface area contributed by atoms with Gasteiger partial charge >= 0.3 is 0 Å². The van der Waals surface area contributed by atoms with Gasteiger partial charge in [0.25, 0.3) is 0 Å². The molecule has 0 aliphatic carbocycles. The fourth-order valence-corrected chi connectivity index (χ4v) is 1.09. The van der Waals surface area contributed by atoms with Crippen molar-refractivity contribution in [2.45, 2.75) is 26.7 Å². The van der Waals surface area contributed by atoms with Crippen molar-refractivity contribution in [3.8, 4) is 0 Å². The molecule has 5 heteroatoms. The summed E-state index contributed by atoms with van der Waals surface area (Å²) in [7, 11) is 0. The lowest BCUT2D eigenvalue weighted by molar-refractivity contribution is -0.119. The third kappa shape index (κ3) is 4.49. The van der Waals surface area contributed by atoms with Crippen LogP contribution in [0.1, 0.15) is 25.5 Å². The summed E-state index contributed by atoms with van der Waals surface area (Å²) in [4.78, 5) is 11.3. The minimum absolute atomic E-state index is 0.0240. The maximum absolute atomic E-state index is 11.3. The van der Waals surface area contributed by atoms with Crippen molar-refractivity contribution in [1.29, 1.82) is 0 Å². The summed E-state index contributed by atoms with van der Waals surface area (Å²) < 4.78 is 4.85. The van der Waals surface area contributed by atoms with Gasteiger partial charge in [0.2, 0.25) is 5.91 Å². The molecule has 1 amide bonds. The molecule has 15 heavy (non-hydrogen) atoms. The Hall–Kier alpha value is -1.52. The van der Waals surface area contributed by atoms with Crippen molar-refractivity contribution in [3.63, 3.8) is 0 Å². The Morgan fingerprint density at radius 2 is 2.40 bits per heavy atom.